The summed E-state index contributed by atoms with van der Waals surface area (Å²) in [5.74, 6) is 0. The first-order valence-corrected chi connectivity index (χ1v) is 4.61. The smallest absolute Gasteiger partial charge is 0.182 e. The maximum atomic E-state index is 4.30. The molecule has 0 bridgehead atoms. The van der Waals surface area contributed by atoms with Gasteiger partial charge in [0.25, 0.3) is 0 Å². The van der Waals surface area contributed by atoms with Gasteiger partial charge in [0, 0.05) is 24.9 Å². The van der Waals surface area contributed by atoms with Crippen LogP contribution in [0.2, 0.25) is 0 Å². The van der Waals surface area contributed by atoms with Gasteiger partial charge in [-0.3, -0.25) is 9.38 Å². The van der Waals surface area contributed by atoms with Gasteiger partial charge in [-0.15, -0.1) is 10.2 Å². The molecule has 14 heavy (non-hydrogen) atoms. The zero-order valence-electron chi connectivity index (χ0n) is 8.31. The quantitative estimate of drug-likeness (QED) is 0.757. The molecule has 1 unspecified atom stereocenters. The first-order valence-electron chi connectivity index (χ1n) is 4.61. The molecule has 74 valence electrons. The highest BCUT2D eigenvalue weighted by Crippen LogP contribution is 2.06. The summed E-state index contributed by atoms with van der Waals surface area (Å²) in [5, 5.41) is 11.0. The third-order valence-electron chi connectivity index (χ3n) is 2.28. The number of aromatic nitrogens is 4. The van der Waals surface area contributed by atoms with E-state index in [1.807, 2.05) is 17.6 Å². The Balaban J connectivity index is 2.36. The van der Waals surface area contributed by atoms with Crippen LogP contribution in [0.3, 0.4) is 0 Å². The van der Waals surface area contributed by atoms with Crippen molar-refractivity contribution in [2.24, 2.45) is 0 Å². The van der Waals surface area contributed by atoms with Gasteiger partial charge in [0.2, 0.25) is 0 Å². The predicted octanol–water partition coefficient (Wildman–Crippen LogP) is 0.275. The molecule has 0 fully saturated rings. The summed E-state index contributed by atoms with van der Waals surface area (Å²) in [6.45, 7) is 2.11. The molecule has 0 aliphatic rings. The first kappa shape index (κ1) is 9.08. The second-order valence-corrected chi connectivity index (χ2v) is 3.33. The van der Waals surface area contributed by atoms with Crippen molar-refractivity contribution in [1.29, 1.82) is 0 Å². The van der Waals surface area contributed by atoms with Gasteiger partial charge < -0.3 is 5.32 Å². The van der Waals surface area contributed by atoms with Crippen molar-refractivity contribution < 1.29 is 0 Å². The van der Waals surface area contributed by atoms with E-state index < -0.39 is 0 Å². The van der Waals surface area contributed by atoms with Gasteiger partial charge in [0.15, 0.2) is 5.65 Å². The highest BCUT2D eigenvalue weighted by atomic mass is 15.2. The Morgan fingerprint density at radius 2 is 2.43 bits per heavy atom. The van der Waals surface area contributed by atoms with Crippen LogP contribution in [0.4, 0.5) is 0 Å². The minimum Gasteiger partial charge on any atom is -0.317 e. The number of nitrogens with zero attached hydrogens (tertiary/aromatic N) is 4. The SMILES string of the molecule is CNC(C)Cc1nccn2cnnc12. The molecule has 1 N–H and O–H groups in total. The summed E-state index contributed by atoms with van der Waals surface area (Å²) in [4.78, 5) is 4.30. The van der Waals surface area contributed by atoms with Gasteiger partial charge in [0.1, 0.15) is 6.33 Å². The van der Waals surface area contributed by atoms with Crippen molar-refractivity contribution >= 4 is 5.65 Å². The van der Waals surface area contributed by atoms with E-state index in [1.54, 1.807) is 12.5 Å². The Hall–Kier alpha value is -1.49. The maximum Gasteiger partial charge on any atom is 0.182 e. The van der Waals surface area contributed by atoms with E-state index in [4.69, 9.17) is 0 Å². The molecule has 0 aliphatic carbocycles. The average molecular weight is 191 g/mol. The highest BCUT2D eigenvalue weighted by Gasteiger charge is 2.07. The predicted molar refractivity (Wildman–Crippen MR) is 53.0 cm³/mol. The standard InChI is InChI=1S/C9H13N5/c1-7(10-2)5-8-9-13-12-6-14(9)4-3-11-8/h3-4,6-7,10H,5H2,1-2H3. The number of nitrogens with one attached hydrogen (secondary N) is 1. The Morgan fingerprint density at radius 3 is 3.21 bits per heavy atom. The summed E-state index contributed by atoms with van der Waals surface area (Å²) in [6.07, 6.45) is 6.17. The van der Waals surface area contributed by atoms with Crippen LogP contribution >= 0.6 is 0 Å². The summed E-state index contributed by atoms with van der Waals surface area (Å²) >= 11 is 0. The van der Waals surface area contributed by atoms with Gasteiger partial charge in [-0.1, -0.05) is 0 Å². The molecule has 1 atom stereocenters. The summed E-state index contributed by atoms with van der Waals surface area (Å²) in [5.41, 5.74) is 1.82. The van der Waals surface area contributed by atoms with Gasteiger partial charge in [-0.25, -0.2) is 0 Å². The molecule has 2 aromatic rings. The van der Waals surface area contributed by atoms with Crippen molar-refractivity contribution in [3.8, 4) is 0 Å². The fourth-order valence-corrected chi connectivity index (χ4v) is 1.35. The Labute approximate surface area is 82.2 Å². The van der Waals surface area contributed by atoms with Gasteiger partial charge in [0.05, 0.1) is 5.69 Å². The van der Waals surface area contributed by atoms with E-state index in [1.165, 1.54) is 0 Å². The monoisotopic (exact) mass is 191 g/mol. The largest absolute Gasteiger partial charge is 0.317 e. The lowest BCUT2D eigenvalue weighted by Gasteiger charge is -2.08. The summed E-state index contributed by atoms with van der Waals surface area (Å²) < 4.78 is 1.88. The average Bonchev–Trinajstić information content (AvgIpc) is 2.66. The van der Waals surface area contributed by atoms with Crippen molar-refractivity contribution in [2.75, 3.05) is 7.05 Å². The van der Waals surface area contributed by atoms with Crippen molar-refractivity contribution in [3.05, 3.63) is 24.4 Å². The maximum absolute atomic E-state index is 4.30. The third-order valence-corrected chi connectivity index (χ3v) is 2.28. The highest BCUT2D eigenvalue weighted by molar-refractivity contribution is 5.42. The number of likely N-dealkylation sites (N-methyl/N-ethyl adjacent to an activating group) is 1. The summed E-state index contributed by atoms with van der Waals surface area (Å²) in [6, 6.07) is 0.394. The van der Waals surface area contributed by atoms with E-state index in [-0.39, 0.29) is 0 Å². The molecule has 5 heteroatoms. The van der Waals surface area contributed by atoms with E-state index in [2.05, 4.69) is 27.4 Å². The molecule has 0 saturated carbocycles. The van der Waals surface area contributed by atoms with Crippen LogP contribution in [0.1, 0.15) is 12.6 Å². The van der Waals surface area contributed by atoms with Crippen LogP contribution in [0, 0.1) is 0 Å². The van der Waals surface area contributed by atoms with E-state index in [9.17, 15) is 0 Å². The van der Waals surface area contributed by atoms with E-state index >= 15 is 0 Å². The number of hydrogen-bond donors (Lipinski definition) is 1. The minimum atomic E-state index is 0.394. The molecule has 0 spiro atoms. The van der Waals surface area contributed by atoms with Gasteiger partial charge in [-0.05, 0) is 14.0 Å². The lowest BCUT2D eigenvalue weighted by molar-refractivity contribution is 0.601. The zero-order valence-corrected chi connectivity index (χ0v) is 8.31. The fourth-order valence-electron chi connectivity index (χ4n) is 1.35. The van der Waals surface area contributed by atoms with Crippen LogP contribution in [0.25, 0.3) is 5.65 Å². The van der Waals surface area contributed by atoms with Crippen LogP contribution in [-0.2, 0) is 6.42 Å². The molecule has 0 radical (unpaired) electrons. The second kappa shape index (κ2) is 3.71. The molecule has 2 aromatic heterocycles. The van der Waals surface area contributed by atoms with Crippen molar-refractivity contribution in [1.82, 2.24) is 24.9 Å². The molecule has 0 amide bonds. The molecule has 0 aliphatic heterocycles. The van der Waals surface area contributed by atoms with Gasteiger partial charge >= 0.3 is 0 Å². The topological polar surface area (TPSA) is 55.1 Å². The van der Waals surface area contributed by atoms with Gasteiger partial charge in [-0.2, -0.15) is 0 Å². The minimum absolute atomic E-state index is 0.394. The zero-order chi connectivity index (χ0) is 9.97. The Bertz CT molecular complexity index is 422. The fraction of sp³-hybridized carbons (Fsp3) is 0.444. The number of fused-ring (bicyclic) bond motifs is 1. The number of hydrogen-bond acceptors (Lipinski definition) is 4. The molecular formula is C9H13N5. The molecule has 2 heterocycles. The van der Waals surface area contributed by atoms with Crippen molar-refractivity contribution in [3.63, 3.8) is 0 Å². The van der Waals surface area contributed by atoms with Crippen LogP contribution in [-0.4, -0.2) is 32.7 Å². The summed E-state index contributed by atoms with van der Waals surface area (Å²) in [7, 11) is 1.94. The van der Waals surface area contributed by atoms with E-state index in [0.29, 0.717) is 6.04 Å². The number of rotatable bonds is 3. The normalized spacial score (nSPS) is 13.3. The second-order valence-electron chi connectivity index (χ2n) is 3.33. The molecule has 0 saturated heterocycles. The molecular weight excluding hydrogens is 178 g/mol. The van der Waals surface area contributed by atoms with E-state index in [0.717, 1.165) is 17.8 Å². The Morgan fingerprint density at radius 1 is 1.57 bits per heavy atom. The lowest BCUT2D eigenvalue weighted by Crippen LogP contribution is -2.24. The van der Waals surface area contributed by atoms with Crippen LogP contribution < -0.4 is 5.32 Å². The van der Waals surface area contributed by atoms with Crippen LogP contribution in [0.15, 0.2) is 18.7 Å². The lowest BCUT2D eigenvalue weighted by atomic mass is 10.2. The first-order chi connectivity index (χ1) is 6.81. The molecule has 2 rings (SSSR count). The Kier molecular flexibility index (Phi) is 2.41. The van der Waals surface area contributed by atoms with Crippen LogP contribution in [0.5, 0.6) is 0 Å². The third kappa shape index (κ3) is 1.58. The van der Waals surface area contributed by atoms with Crippen molar-refractivity contribution in [2.45, 2.75) is 19.4 Å². The molecule has 0 aromatic carbocycles. The molecule has 5 nitrogen and oxygen atoms in total.